The van der Waals surface area contributed by atoms with Crippen LogP contribution in [0.1, 0.15) is 72.1 Å². The van der Waals surface area contributed by atoms with Crippen molar-refractivity contribution in [2.24, 2.45) is 5.92 Å². The Morgan fingerprint density at radius 1 is 1.06 bits per heavy atom. The number of rotatable bonds is 6. The van der Waals surface area contributed by atoms with E-state index >= 15 is 0 Å². The van der Waals surface area contributed by atoms with Crippen molar-refractivity contribution >= 4 is 0 Å². The fourth-order valence-electron chi connectivity index (χ4n) is 4.05. The maximum Gasteiger partial charge on any atom is 0.0198 e. The third-order valence-corrected chi connectivity index (χ3v) is 5.70. The van der Waals surface area contributed by atoms with Crippen LogP contribution in [0.3, 0.4) is 0 Å². The predicted octanol–water partition coefficient (Wildman–Crippen LogP) is 3.47. The van der Waals surface area contributed by atoms with Crippen LogP contribution in [0.5, 0.6) is 0 Å². The maximum atomic E-state index is 3.88. The molecular weight excluding hydrogens is 220 g/mol. The van der Waals surface area contributed by atoms with Gasteiger partial charge in [-0.25, -0.2) is 0 Å². The molecule has 0 amide bonds. The van der Waals surface area contributed by atoms with Crippen molar-refractivity contribution in [3.8, 4) is 0 Å². The third kappa shape index (κ3) is 3.08. The molecule has 0 bridgehead atoms. The summed E-state index contributed by atoms with van der Waals surface area (Å²) >= 11 is 0. The molecule has 2 fully saturated rings. The van der Waals surface area contributed by atoms with Gasteiger partial charge in [0.1, 0.15) is 0 Å². The maximum absolute atomic E-state index is 3.88. The molecule has 0 aromatic heterocycles. The Morgan fingerprint density at radius 3 is 2.33 bits per heavy atom. The van der Waals surface area contributed by atoms with Crippen LogP contribution in [-0.2, 0) is 0 Å². The molecule has 2 nitrogen and oxygen atoms in total. The number of hydrogen-bond donors (Lipinski definition) is 2. The van der Waals surface area contributed by atoms with Gasteiger partial charge in [-0.2, -0.15) is 0 Å². The van der Waals surface area contributed by atoms with Crippen LogP contribution in [0.15, 0.2) is 0 Å². The zero-order valence-corrected chi connectivity index (χ0v) is 12.6. The van der Waals surface area contributed by atoms with E-state index < -0.39 is 0 Å². The van der Waals surface area contributed by atoms with Crippen molar-refractivity contribution in [2.45, 2.75) is 89.8 Å². The summed E-state index contributed by atoms with van der Waals surface area (Å²) in [6, 6.07) is 1.56. The summed E-state index contributed by atoms with van der Waals surface area (Å²) in [5.41, 5.74) is 0.384. The molecule has 18 heavy (non-hydrogen) atoms. The molecule has 0 radical (unpaired) electrons. The van der Waals surface area contributed by atoms with Crippen LogP contribution < -0.4 is 10.6 Å². The number of fused-ring (bicyclic) bond motifs is 1. The first-order valence-corrected chi connectivity index (χ1v) is 8.24. The molecule has 2 heteroatoms. The van der Waals surface area contributed by atoms with E-state index in [1.165, 1.54) is 57.9 Å². The van der Waals surface area contributed by atoms with Gasteiger partial charge in [-0.1, -0.05) is 33.6 Å². The highest BCUT2D eigenvalue weighted by atomic mass is 15.1. The van der Waals surface area contributed by atoms with Gasteiger partial charge in [0.25, 0.3) is 0 Å². The summed E-state index contributed by atoms with van der Waals surface area (Å²) in [5.74, 6) is 0.977. The Balaban J connectivity index is 1.80. The Morgan fingerprint density at radius 2 is 1.72 bits per heavy atom. The van der Waals surface area contributed by atoms with Crippen LogP contribution in [0.25, 0.3) is 0 Å². The van der Waals surface area contributed by atoms with Crippen LogP contribution in [0.2, 0.25) is 0 Å². The lowest BCUT2D eigenvalue weighted by Gasteiger charge is -2.33. The van der Waals surface area contributed by atoms with Gasteiger partial charge in [0.2, 0.25) is 0 Å². The molecule has 0 aromatic rings. The fourth-order valence-corrected chi connectivity index (χ4v) is 4.05. The molecule has 0 spiro atoms. The van der Waals surface area contributed by atoms with Crippen molar-refractivity contribution in [1.29, 1.82) is 0 Å². The molecule has 2 rings (SSSR count). The molecular formula is C16H32N2. The normalized spacial score (nSPS) is 32.5. The van der Waals surface area contributed by atoms with E-state index in [0.717, 1.165) is 18.0 Å². The second-order valence-corrected chi connectivity index (χ2v) is 6.47. The van der Waals surface area contributed by atoms with Gasteiger partial charge in [0.05, 0.1) is 0 Å². The lowest BCUT2D eigenvalue weighted by molar-refractivity contribution is 0.278. The minimum absolute atomic E-state index is 0.384. The van der Waals surface area contributed by atoms with Gasteiger partial charge in [-0.15, -0.1) is 0 Å². The summed E-state index contributed by atoms with van der Waals surface area (Å²) < 4.78 is 0. The minimum Gasteiger partial charge on any atom is -0.310 e. The molecule has 1 aliphatic heterocycles. The standard InChI is InChI=1S/C16H32N2/c1-4-16(5-2,6-3)17-12-14-11-13-9-7-8-10-15(13)18-14/h13-15,17-18H,4-12H2,1-3H3. The summed E-state index contributed by atoms with van der Waals surface area (Å²) in [6.45, 7) is 8.13. The van der Waals surface area contributed by atoms with Crippen LogP contribution >= 0.6 is 0 Å². The van der Waals surface area contributed by atoms with E-state index in [1.54, 1.807) is 0 Å². The lowest BCUT2D eigenvalue weighted by Crippen LogP contribution is -2.49. The van der Waals surface area contributed by atoms with Gasteiger partial charge in [-0.05, 0) is 44.4 Å². The first kappa shape index (κ1) is 14.3. The van der Waals surface area contributed by atoms with Gasteiger partial charge in [0, 0.05) is 24.2 Å². The average molecular weight is 252 g/mol. The van der Waals surface area contributed by atoms with Gasteiger partial charge in [-0.3, -0.25) is 0 Å². The molecule has 106 valence electrons. The van der Waals surface area contributed by atoms with Crippen molar-refractivity contribution in [2.75, 3.05) is 6.54 Å². The zero-order valence-electron chi connectivity index (χ0n) is 12.6. The largest absolute Gasteiger partial charge is 0.310 e. The van der Waals surface area contributed by atoms with Gasteiger partial charge < -0.3 is 10.6 Å². The smallest absolute Gasteiger partial charge is 0.0198 e. The first-order chi connectivity index (χ1) is 8.73. The highest BCUT2D eigenvalue weighted by Crippen LogP contribution is 2.33. The summed E-state index contributed by atoms with van der Waals surface area (Å²) in [5, 5.41) is 7.75. The Hall–Kier alpha value is -0.0800. The van der Waals surface area contributed by atoms with Crippen LogP contribution in [0.4, 0.5) is 0 Å². The fraction of sp³-hybridized carbons (Fsp3) is 1.00. The average Bonchev–Trinajstić information content (AvgIpc) is 2.84. The monoisotopic (exact) mass is 252 g/mol. The second-order valence-electron chi connectivity index (χ2n) is 6.47. The highest BCUT2D eigenvalue weighted by Gasteiger charge is 2.35. The van der Waals surface area contributed by atoms with Crippen LogP contribution in [-0.4, -0.2) is 24.2 Å². The van der Waals surface area contributed by atoms with E-state index in [4.69, 9.17) is 0 Å². The molecule has 2 N–H and O–H groups in total. The molecule has 3 atom stereocenters. The minimum atomic E-state index is 0.384. The molecule has 2 aliphatic rings. The summed E-state index contributed by atoms with van der Waals surface area (Å²) in [7, 11) is 0. The van der Waals surface area contributed by atoms with Crippen LogP contribution in [0, 0.1) is 5.92 Å². The van der Waals surface area contributed by atoms with E-state index in [1.807, 2.05) is 0 Å². The van der Waals surface area contributed by atoms with E-state index in [2.05, 4.69) is 31.4 Å². The number of hydrogen-bond acceptors (Lipinski definition) is 2. The molecule has 0 aromatic carbocycles. The SMILES string of the molecule is CCC(CC)(CC)NCC1CC2CCCCC2N1. The van der Waals surface area contributed by atoms with E-state index in [9.17, 15) is 0 Å². The van der Waals surface area contributed by atoms with Crippen molar-refractivity contribution in [1.82, 2.24) is 10.6 Å². The second kappa shape index (κ2) is 6.38. The van der Waals surface area contributed by atoms with Gasteiger partial charge in [0.15, 0.2) is 0 Å². The summed E-state index contributed by atoms with van der Waals surface area (Å²) in [4.78, 5) is 0. The topological polar surface area (TPSA) is 24.1 Å². The molecule has 1 heterocycles. The predicted molar refractivity (Wildman–Crippen MR) is 78.9 cm³/mol. The quantitative estimate of drug-likeness (QED) is 0.756. The Kier molecular flexibility index (Phi) is 5.08. The molecule has 3 unspecified atom stereocenters. The zero-order chi connectivity index (χ0) is 13.0. The lowest BCUT2D eigenvalue weighted by atomic mass is 9.85. The van der Waals surface area contributed by atoms with Crippen molar-refractivity contribution in [3.05, 3.63) is 0 Å². The Bertz CT molecular complexity index is 225. The van der Waals surface area contributed by atoms with E-state index in [-0.39, 0.29) is 0 Å². The highest BCUT2D eigenvalue weighted by molar-refractivity contribution is 4.95. The Labute approximate surface area is 113 Å². The first-order valence-electron chi connectivity index (χ1n) is 8.24. The third-order valence-electron chi connectivity index (χ3n) is 5.70. The molecule has 1 saturated carbocycles. The van der Waals surface area contributed by atoms with Crippen molar-refractivity contribution < 1.29 is 0 Å². The summed E-state index contributed by atoms with van der Waals surface area (Å²) in [6.07, 6.45) is 10.9. The van der Waals surface area contributed by atoms with E-state index in [0.29, 0.717) is 5.54 Å². The molecule has 1 saturated heterocycles. The van der Waals surface area contributed by atoms with Crippen molar-refractivity contribution in [3.63, 3.8) is 0 Å². The number of nitrogens with one attached hydrogen (secondary N) is 2. The molecule has 1 aliphatic carbocycles. The van der Waals surface area contributed by atoms with Gasteiger partial charge >= 0.3 is 0 Å².